The first-order valence-corrected chi connectivity index (χ1v) is 7.56. The second-order valence-electron chi connectivity index (χ2n) is 6.21. The molecule has 1 heterocycles. The smallest absolute Gasteiger partial charge is 0.320 e. The maximum Gasteiger partial charge on any atom is 0.320 e. The highest BCUT2D eigenvalue weighted by Gasteiger charge is 2.36. The Morgan fingerprint density at radius 1 is 1.32 bits per heavy atom. The zero-order chi connectivity index (χ0) is 16.2. The lowest BCUT2D eigenvalue weighted by Gasteiger charge is -2.30. The minimum absolute atomic E-state index is 0.0772. The van der Waals surface area contributed by atoms with Crippen LogP contribution in [-0.4, -0.2) is 42.0 Å². The molecule has 6 nitrogen and oxygen atoms in total. The Hall–Kier alpha value is -2.08. The second kappa shape index (κ2) is 6.79. The molecule has 0 aliphatic carbocycles. The topological polar surface area (TPSA) is 87.5 Å². The van der Waals surface area contributed by atoms with Crippen LogP contribution in [-0.2, 0) is 4.79 Å². The molecule has 1 aromatic carbocycles. The normalized spacial score (nSPS) is 18.1. The Morgan fingerprint density at radius 2 is 2.00 bits per heavy atom. The average molecular weight is 304 g/mol. The molecule has 0 radical (unpaired) electrons. The maximum atomic E-state index is 12.6. The van der Waals surface area contributed by atoms with Crippen molar-refractivity contribution in [3.8, 4) is 0 Å². The van der Waals surface area contributed by atoms with E-state index in [9.17, 15) is 9.59 Å². The summed E-state index contributed by atoms with van der Waals surface area (Å²) in [6.07, 6.45) is 0.925. The quantitative estimate of drug-likeness (QED) is 0.785. The van der Waals surface area contributed by atoms with Crippen molar-refractivity contribution >= 4 is 17.6 Å². The number of nitrogens with zero attached hydrogens (tertiary/aromatic N) is 1. The molecule has 1 aliphatic heterocycles. The van der Waals surface area contributed by atoms with Gasteiger partial charge in [-0.25, -0.2) is 4.79 Å². The van der Waals surface area contributed by atoms with Crippen molar-refractivity contribution in [2.24, 2.45) is 11.7 Å². The Kier molecular flexibility index (Phi) is 5.03. The van der Waals surface area contributed by atoms with Gasteiger partial charge in [0.25, 0.3) is 0 Å². The Balaban J connectivity index is 1.92. The monoisotopic (exact) mass is 304 g/mol. The van der Waals surface area contributed by atoms with Crippen LogP contribution in [0.5, 0.6) is 0 Å². The van der Waals surface area contributed by atoms with Gasteiger partial charge in [0.05, 0.1) is 0 Å². The SMILES string of the molecule is CC(C)(NC(=O)Nc1ccccc1)C(=O)N1CCC(CN)C1. The molecule has 1 aromatic rings. The van der Waals surface area contributed by atoms with Crippen LogP contribution in [0.1, 0.15) is 20.3 Å². The summed E-state index contributed by atoms with van der Waals surface area (Å²) < 4.78 is 0. The second-order valence-corrected chi connectivity index (χ2v) is 6.21. The average Bonchev–Trinajstić information content (AvgIpc) is 2.95. The summed E-state index contributed by atoms with van der Waals surface area (Å²) in [6, 6.07) is 8.74. The third kappa shape index (κ3) is 3.98. The van der Waals surface area contributed by atoms with Gasteiger partial charge < -0.3 is 21.3 Å². The number of carbonyl (C=O) groups excluding carboxylic acids is 2. The van der Waals surface area contributed by atoms with E-state index >= 15 is 0 Å². The number of likely N-dealkylation sites (tertiary alicyclic amines) is 1. The molecule has 2 rings (SSSR count). The van der Waals surface area contributed by atoms with Crippen molar-refractivity contribution < 1.29 is 9.59 Å². The lowest BCUT2D eigenvalue weighted by molar-refractivity contribution is -0.135. The third-order valence-electron chi connectivity index (χ3n) is 3.90. The number of anilines is 1. The van der Waals surface area contributed by atoms with E-state index in [1.54, 1.807) is 30.9 Å². The molecular weight excluding hydrogens is 280 g/mol. The number of benzene rings is 1. The molecule has 0 spiro atoms. The van der Waals surface area contributed by atoms with Crippen LogP contribution < -0.4 is 16.4 Å². The number of para-hydroxylation sites is 1. The number of amides is 3. The molecule has 3 amide bonds. The van der Waals surface area contributed by atoms with Gasteiger partial charge in [0.1, 0.15) is 5.54 Å². The van der Waals surface area contributed by atoms with E-state index in [-0.39, 0.29) is 11.9 Å². The minimum Gasteiger partial charge on any atom is -0.340 e. The van der Waals surface area contributed by atoms with Crippen LogP contribution in [0.2, 0.25) is 0 Å². The largest absolute Gasteiger partial charge is 0.340 e. The maximum absolute atomic E-state index is 12.6. The molecule has 4 N–H and O–H groups in total. The lowest BCUT2D eigenvalue weighted by atomic mass is 10.0. The summed E-state index contributed by atoms with van der Waals surface area (Å²) in [5.41, 5.74) is 5.39. The standard InChI is InChI=1S/C16H24N4O2/c1-16(2,14(21)20-9-8-12(10-17)11-20)19-15(22)18-13-6-4-3-5-7-13/h3-7,12H,8-11,17H2,1-2H3,(H2,18,19,22). The van der Waals surface area contributed by atoms with Crippen molar-refractivity contribution in [3.05, 3.63) is 30.3 Å². The number of urea groups is 1. The first-order chi connectivity index (χ1) is 10.4. The van der Waals surface area contributed by atoms with Crippen LogP contribution >= 0.6 is 0 Å². The molecule has 120 valence electrons. The van der Waals surface area contributed by atoms with Crippen LogP contribution in [0.15, 0.2) is 30.3 Å². The predicted molar refractivity (Wildman–Crippen MR) is 86.4 cm³/mol. The molecule has 0 bridgehead atoms. The van der Waals surface area contributed by atoms with E-state index in [1.165, 1.54) is 0 Å². The molecule has 1 saturated heterocycles. The molecule has 6 heteroatoms. The van der Waals surface area contributed by atoms with Gasteiger partial charge in [0.15, 0.2) is 0 Å². The van der Waals surface area contributed by atoms with Crippen LogP contribution in [0.4, 0.5) is 10.5 Å². The Morgan fingerprint density at radius 3 is 2.59 bits per heavy atom. The van der Waals surface area contributed by atoms with E-state index in [1.807, 2.05) is 18.2 Å². The summed E-state index contributed by atoms with van der Waals surface area (Å²) in [5, 5.41) is 5.46. The molecule has 1 unspecified atom stereocenters. The van der Waals surface area contributed by atoms with E-state index < -0.39 is 5.54 Å². The number of nitrogens with one attached hydrogen (secondary N) is 2. The zero-order valence-electron chi connectivity index (χ0n) is 13.1. The van der Waals surface area contributed by atoms with Gasteiger partial charge in [0, 0.05) is 18.8 Å². The van der Waals surface area contributed by atoms with Crippen molar-refractivity contribution in [1.82, 2.24) is 10.2 Å². The molecule has 0 aromatic heterocycles. The van der Waals surface area contributed by atoms with E-state index in [4.69, 9.17) is 5.73 Å². The molecule has 1 fully saturated rings. The van der Waals surface area contributed by atoms with E-state index in [0.29, 0.717) is 31.2 Å². The summed E-state index contributed by atoms with van der Waals surface area (Å²) in [4.78, 5) is 26.4. The molecule has 0 saturated carbocycles. The van der Waals surface area contributed by atoms with Gasteiger partial charge in [-0.15, -0.1) is 0 Å². The first kappa shape index (κ1) is 16.3. The Labute approximate surface area is 131 Å². The van der Waals surface area contributed by atoms with Crippen molar-refractivity contribution in [3.63, 3.8) is 0 Å². The molecule has 22 heavy (non-hydrogen) atoms. The Bertz CT molecular complexity index is 530. The highest BCUT2D eigenvalue weighted by Crippen LogP contribution is 2.19. The summed E-state index contributed by atoms with van der Waals surface area (Å²) in [7, 11) is 0. The van der Waals surface area contributed by atoms with Crippen LogP contribution in [0.3, 0.4) is 0 Å². The van der Waals surface area contributed by atoms with Crippen LogP contribution in [0, 0.1) is 5.92 Å². The van der Waals surface area contributed by atoms with Crippen molar-refractivity contribution in [2.45, 2.75) is 25.8 Å². The molecule has 1 aliphatic rings. The number of hydrogen-bond donors (Lipinski definition) is 3. The molecule has 1 atom stereocenters. The highest BCUT2D eigenvalue weighted by molar-refractivity contribution is 5.95. The molecular formula is C16H24N4O2. The highest BCUT2D eigenvalue weighted by atomic mass is 16.2. The van der Waals surface area contributed by atoms with Gasteiger partial charge in [-0.1, -0.05) is 18.2 Å². The van der Waals surface area contributed by atoms with Gasteiger partial charge >= 0.3 is 6.03 Å². The van der Waals surface area contributed by atoms with E-state index in [0.717, 1.165) is 6.42 Å². The number of hydrogen-bond acceptors (Lipinski definition) is 3. The summed E-state index contributed by atoms with van der Waals surface area (Å²) >= 11 is 0. The van der Waals surface area contributed by atoms with E-state index in [2.05, 4.69) is 10.6 Å². The van der Waals surface area contributed by atoms with Gasteiger partial charge in [-0.2, -0.15) is 0 Å². The number of carbonyl (C=O) groups is 2. The predicted octanol–water partition coefficient (Wildman–Crippen LogP) is 1.39. The van der Waals surface area contributed by atoms with Crippen molar-refractivity contribution in [2.75, 3.05) is 25.0 Å². The lowest BCUT2D eigenvalue weighted by Crippen LogP contribution is -2.56. The minimum atomic E-state index is -0.956. The van der Waals surface area contributed by atoms with Crippen molar-refractivity contribution in [1.29, 1.82) is 0 Å². The first-order valence-electron chi connectivity index (χ1n) is 7.56. The summed E-state index contributed by atoms with van der Waals surface area (Å²) in [5.74, 6) is 0.282. The van der Waals surface area contributed by atoms with Gasteiger partial charge in [-0.05, 0) is 44.9 Å². The fourth-order valence-electron chi connectivity index (χ4n) is 2.63. The third-order valence-corrected chi connectivity index (χ3v) is 3.90. The van der Waals surface area contributed by atoms with Crippen LogP contribution in [0.25, 0.3) is 0 Å². The number of nitrogens with two attached hydrogens (primary N) is 1. The van der Waals surface area contributed by atoms with Gasteiger partial charge in [-0.3, -0.25) is 4.79 Å². The fourth-order valence-corrected chi connectivity index (χ4v) is 2.63. The fraction of sp³-hybridized carbons (Fsp3) is 0.500. The van der Waals surface area contributed by atoms with Gasteiger partial charge in [0.2, 0.25) is 5.91 Å². The number of rotatable bonds is 4. The zero-order valence-corrected chi connectivity index (χ0v) is 13.1. The summed E-state index contributed by atoms with van der Waals surface area (Å²) in [6.45, 7) is 5.39.